The molecule has 0 bridgehead atoms. The number of aromatic nitrogens is 2. The number of hydrogen-bond acceptors (Lipinski definition) is 5. The molecule has 0 saturated heterocycles. The maximum absolute atomic E-state index is 12.7. The van der Waals surface area contributed by atoms with Gasteiger partial charge in [0.05, 0.1) is 4.90 Å². The predicted molar refractivity (Wildman–Crippen MR) is 92.7 cm³/mol. The first-order valence-corrected chi connectivity index (χ1v) is 8.84. The van der Waals surface area contributed by atoms with E-state index in [4.69, 9.17) is 16.8 Å². The fourth-order valence-corrected chi connectivity index (χ4v) is 3.67. The van der Waals surface area contributed by atoms with Crippen molar-refractivity contribution in [1.29, 1.82) is 0 Å². The Balaban J connectivity index is 2.02. The van der Waals surface area contributed by atoms with Crippen LogP contribution in [0.4, 0.5) is 0 Å². The van der Waals surface area contributed by atoms with Gasteiger partial charge in [0.15, 0.2) is 5.65 Å². The average Bonchev–Trinajstić information content (AvgIpc) is 3.04. The highest BCUT2D eigenvalue weighted by atomic mass is 35.5. The van der Waals surface area contributed by atoms with Crippen molar-refractivity contribution >= 4 is 44.6 Å². The molecular weight excluding hydrogens is 366 g/mol. The van der Waals surface area contributed by atoms with Crippen molar-refractivity contribution in [3.63, 3.8) is 0 Å². The number of rotatable bonds is 4. The molecule has 1 amide bonds. The van der Waals surface area contributed by atoms with Gasteiger partial charge in [-0.05, 0) is 48.0 Å². The molecule has 0 fully saturated rings. The Morgan fingerprint density at radius 1 is 1.24 bits per heavy atom. The fourth-order valence-electron chi connectivity index (χ4n) is 2.23. The topological polar surface area (TPSA) is 101 Å². The Hall–Kier alpha value is -2.68. The summed E-state index contributed by atoms with van der Waals surface area (Å²) in [4.78, 5) is 15.3. The number of halogens is 1. The molecule has 0 unspecified atom stereocenters. The third-order valence-electron chi connectivity index (χ3n) is 3.42. The van der Waals surface area contributed by atoms with Gasteiger partial charge in [-0.15, -0.1) is 0 Å². The minimum absolute atomic E-state index is 0.0970. The molecule has 0 atom stereocenters. The number of benzene rings is 1. The maximum atomic E-state index is 12.7. The number of nitrogens with zero attached hydrogens (tertiary/aromatic N) is 2. The summed E-state index contributed by atoms with van der Waals surface area (Å²) in [6, 6.07) is 9.14. The van der Waals surface area contributed by atoms with E-state index in [0.29, 0.717) is 16.0 Å². The molecule has 3 aromatic rings. The quantitative estimate of drug-likeness (QED) is 0.413. The van der Waals surface area contributed by atoms with E-state index in [1.54, 1.807) is 12.1 Å². The Bertz CT molecular complexity index is 1070. The molecule has 2 aromatic heterocycles. The molecule has 2 heterocycles. The number of carbonyl (C=O) groups is 1. The van der Waals surface area contributed by atoms with E-state index in [0.717, 1.165) is 10.0 Å². The number of fused-ring (bicyclic) bond motifs is 1. The lowest BCUT2D eigenvalue weighted by Gasteiger charge is -2.07. The van der Waals surface area contributed by atoms with Crippen molar-refractivity contribution in [2.24, 2.45) is 0 Å². The van der Waals surface area contributed by atoms with E-state index in [9.17, 15) is 13.2 Å². The number of hydrogen-bond donors (Lipinski definition) is 2. The number of amides is 1. The first-order valence-electron chi connectivity index (χ1n) is 7.02. The Kier molecular flexibility index (Phi) is 4.58. The zero-order valence-electron chi connectivity index (χ0n) is 12.6. The molecule has 0 spiro atoms. The molecule has 25 heavy (non-hydrogen) atoms. The van der Waals surface area contributed by atoms with Crippen molar-refractivity contribution in [1.82, 2.24) is 14.4 Å². The van der Waals surface area contributed by atoms with Crippen molar-refractivity contribution in [3.05, 3.63) is 65.5 Å². The van der Waals surface area contributed by atoms with Crippen LogP contribution in [0.15, 0.2) is 59.8 Å². The van der Waals surface area contributed by atoms with Gasteiger partial charge in [-0.3, -0.25) is 10.0 Å². The van der Waals surface area contributed by atoms with Gasteiger partial charge in [-0.1, -0.05) is 11.6 Å². The lowest BCUT2D eigenvalue weighted by atomic mass is 10.2. The first kappa shape index (κ1) is 17.2. The zero-order valence-corrected chi connectivity index (χ0v) is 14.2. The van der Waals surface area contributed by atoms with Crippen LogP contribution in [0.25, 0.3) is 17.1 Å². The van der Waals surface area contributed by atoms with Crippen molar-refractivity contribution in [2.75, 3.05) is 0 Å². The Morgan fingerprint density at radius 3 is 2.64 bits per heavy atom. The zero-order chi connectivity index (χ0) is 18.0. The summed E-state index contributed by atoms with van der Waals surface area (Å²) >= 11 is 5.80. The van der Waals surface area contributed by atoms with Crippen LogP contribution in [0.2, 0.25) is 5.02 Å². The highest BCUT2D eigenvalue weighted by Crippen LogP contribution is 2.23. The van der Waals surface area contributed by atoms with Gasteiger partial charge in [0, 0.05) is 28.9 Å². The van der Waals surface area contributed by atoms with Crippen LogP contribution >= 0.6 is 11.6 Å². The van der Waals surface area contributed by atoms with Gasteiger partial charge in [0.1, 0.15) is 0 Å². The second-order valence-electron chi connectivity index (χ2n) is 5.06. The first-order chi connectivity index (χ1) is 11.9. The Labute approximate surface area is 148 Å². The van der Waals surface area contributed by atoms with E-state index < -0.39 is 15.9 Å². The summed E-state index contributed by atoms with van der Waals surface area (Å²) in [7, 11) is -3.80. The molecule has 3 rings (SSSR count). The van der Waals surface area contributed by atoms with Gasteiger partial charge < -0.3 is 0 Å². The minimum atomic E-state index is -3.80. The van der Waals surface area contributed by atoms with Crippen LogP contribution in [0.5, 0.6) is 0 Å². The van der Waals surface area contributed by atoms with Gasteiger partial charge in [0.25, 0.3) is 15.9 Å². The summed E-state index contributed by atoms with van der Waals surface area (Å²) in [5.74, 6) is -0.678. The third-order valence-corrected chi connectivity index (χ3v) is 5.35. The standard InChI is InChI=1S/C16H12ClN3O4S/c17-13-2-4-14(5-3-13)25(23,24)20-8-7-12-9-11(10-18-16(12)20)1-6-15(21)19-22/h1-10,22H,(H,19,21). The molecule has 128 valence electrons. The van der Waals surface area contributed by atoms with E-state index in [1.165, 1.54) is 48.2 Å². The molecule has 2 N–H and O–H groups in total. The summed E-state index contributed by atoms with van der Waals surface area (Å²) in [5.41, 5.74) is 2.32. The van der Waals surface area contributed by atoms with Crippen LogP contribution in [0.1, 0.15) is 5.56 Å². The third kappa shape index (κ3) is 3.41. The summed E-state index contributed by atoms with van der Waals surface area (Å²) < 4.78 is 26.6. The number of pyridine rings is 1. The summed E-state index contributed by atoms with van der Waals surface area (Å²) in [5, 5.41) is 9.49. The molecule has 0 radical (unpaired) electrons. The highest BCUT2D eigenvalue weighted by molar-refractivity contribution is 7.90. The molecule has 0 aliphatic rings. The lowest BCUT2D eigenvalue weighted by molar-refractivity contribution is -0.124. The fraction of sp³-hybridized carbons (Fsp3) is 0. The summed E-state index contributed by atoms with van der Waals surface area (Å²) in [6.45, 7) is 0. The molecule has 0 aliphatic carbocycles. The maximum Gasteiger partial charge on any atom is 0.269 e. The SMILES string of the molecule is O=C(C=Cc1cnc2c(ccn2S(=O)(=O)c2ccc(Cl)cc2)c1)NO. The molecule has 1 aromatic carbocycles. The van der Waals surface area contributed by atoms with Crippen LogP contribution < -0.4 is 5.48 Å². The smallest absolute Gasteiger partial charge is 0.269 e. The molecule has 7 nitrogen and oxygen atoms in total. The molecular formula is C16H12ClN3O4S. The van der Waals surface area contributed by atoms with Gasteiger partial charge >= 0.3 is 0 Å². The second kappa shape index (κ2) is 6.67. The van der Waals surface area contributed by atoms with Crippen LogP contribution in [-0.2, 0) is 14.8 Å². The van der Waals surface area contributed by atoms with E-state index >= 15 is 0 Å². The number of nitrogens with one attached hydrogen (secondary N) is 1. The molecule has 0 saturated carbocycles. The van der Waals surface area contributed by atoms with Crippen molar-refractivity contribution in [3.8, 4) is 0 Å². The van der Waals surface area contributed by atoms with E-state index in [2.05, 4.69) is 4.98 Å². The van der Waals surface area contributed by atoms with Crippen LogP contribution in [0.3, 0.4) is 0 Å². The lowest BCUT2D eigenvalue weighted by Crippen LogP contribution is -2.14. The van der Waals surface area contributed by atoms with Gasteiger partial charge in [-0.2, -0.15) is 0 Å². The molecule has 9 heteroatoms. The van der Waals surface area contributed by atoms with Gasteiger partial charge in [-0.25, -0.2) is 22.9 Å². The molecule has 0 aliphatic heterocycles. The number of hydroxylamine groups is 1. The van der Waals surface area contributed by atoms with Crippen molar-refractivity contribution < 1.29 is 18.4 Å². The van der Waals surface area contributed by atoms with E-state index in [-0.39, 0.29) is 10.5 Å². The second-order valence-corrected chi connectivity index (χ2v) is 7.31. The average molecular weight is 378 g/mol. The largest absolute Gasteiger partial charge is 0.288 e. The van der Waals surface area contributed by atoms with Crippen molar-refractivity contribution in [2.45, 2.75) is 4.90 Å². The van der Waals surface area contributed by atoms with E-state index in [1.807, 2.05) is 0 Å². The normalized spacial score (nSPS) is 11.9. The highest BCUT2D eigenvalue weighted by Gasteiger charge is 2.19. The minimum Gasteiger partial charge on any atom is -0.288 e. The van der Waals surface area contributed by atoms with Crippen LogP contribution in [0, 0.1) is 0 Å². The summed E-state index contributed by atoms with van der Waals surface area (Å²) in [6.07, 6.45) is 5.42. The predicted octanol–water partition coefficient (Wildman–Crippen LogP) is 2.45. The monoisotopic (exact) mass is 377 g/mol. The number of carbonyl (C=O) groups excluding carboxylic acids is 1. The van der Waals surface area contributed by atoms with Gasteiger partial charge in [0.2, 0.25) is 0 Å². The Morgan fingerprint density at radius 2 is 1.96 bits per heavy atom. The van der Waals surface area contributed by atoms with Crippen LogP contribution in [-0.4, -0.2) is 28.5 Å².